The van der Waals surface area contributed by atoms with Crippen molar-refractivity contribution < 1.29 is 0 Å². The number of hydrogen-bond donors (Lipinski definition) is 1. The highest BCUT2D eigenvalue weighted by atomic mass is 15.2. The van der Waals surface area contributed by atoms with Gasteiger partial charge in [-0.25, -0.2) is 0 Å². The zero-order chi connectivity index (χ0) is 13.1. The molecule has 3 heteroatoms. The highest BCUT2D eigenvalue weighted by Crippen LogP contribution is 2.30. The molecule has 1 aromatic heterocycles. The first-order valence-electron chi connectivity index (χ1n) is 6.98. The van der Waals surface area contributed by atoms with Crippen LogP contribution in [0.3, 0.4) is 0 Å². The lowest BCUT2D eigenvalue weighted by molar-refractivity contribution is 0.0979. The smallest absolute Gasteiger partial charge is 0.0488 e. The van der Waals surface area contributed by atoms with E-state index in [-0.39, 0.29) is 0 Å². The highest BCUT2D eigenvalue weighted by Gasteiger charge is 2.28. The molecule has 0 aromatic carbocycles. The molecule has 3 unspecified atom stereocenters. The molecule has 0 saturated carbocycles. The first-order valence-corrected chi connectivity index (χ1v) is 6.98. The lowest BCUT2D eigenvalue weighted by Crippen LogP contribution is -2.43. The predicted molar refractivity (Wildman–Crippen MR) is 75.3 cm³/mol. The van der Waals surface area contributed by atoms with Gasteiger partial charge in [0.25, 0.3) is 0 Å². The van der Waals surface area contributed by atoms with Gasteiger partial charge < -0.3 is 5.73 Å². The van der Waals surface area contributed by atoms with Crippen molar-refractivity contribution in [1.82, 2.24) is 9.88 Å². The number of rotatable bonds is 3. The van der Waals surface area contributed by atoms with Gasteiger partial charge in [-0.3, -0.25) is 9.88 Å². The van der Waals surface area contributed by atoms with Gasteiger partial charge in [-0.2, -0.15) is 0 Å². The van der Waals surface area contributed by atoms with E-state index in [0.29, 0.717) is 12.6 Å². The number of nitrogens with two attached hydrogens (primary N) is 1. The number of pyridine rings is 1. The van der Waals surface area contributed by atoms with Crippen LogP contribution in [0.4, 0.5) is 0 Å². The van der Waals surface area contributed by atoms with Gasteiger partial charge in [-0.15, -0.1) is 0 Å². The Morgan fingerprint density at radius 1 is 1.44 bits per heavy atom. The molecule has 1 aromatic rings. The maximum atomic E-state index is 6.02. The fourth-order valence-electron chi connectivity index (χ4n) is 2.88. The monoisotopic (exact) mass is 247 g/mol. The molecule has 0 spiro atoms. The Morgan fingerprint density at radius 2 is 2.22 bits per heavy atom. The summed E-state index contributed by atoms with van der Waals surface area (Å²) in [6.07, 6.45) is 5.11. The second kappa shape index (κ2) is 5.81. The lowest BCUT2D eigenvalue weighted by Gasteiger charge is -2.40. The molecule has 0 aliphatic carbocycles. The molecule has 2 N–H and O–H groups in total. The first kappa shape index (κ1) is 13.5. The van der Waals surface area contributed by atoms with E-state index in [4.69, 9.17) is 5.73 Å². The second-order valence-corrected chi connectivity index (χ2v) is 5.72. The fourth-order valence-corrected chi connectivity index (χ4v) is 2.88. The average molecular weight is 247 g/mol. The maximum absolute atomic E-state index is 6.02. The van der Waals surface area contributed by atoms with Gasteiger partial charge in [0.1, 0.15) is 0 Å². The number of hydrogen-bond acceptors (Lipinski definition) is 3. The molecule has 3 atom stereocenters. The molecule has 2 rings (SSSR count). The molecule has 1 aliphatic heterocycles. The fraction of sp³-hybridized carbons (Fsp3) is 0.667. The molecule has 0 amide bonds. The van der Waals surface area contributed by atoms with E-state index in [1.165, 1.54) is 17.5 Å². The van der Waals surface area contributed by atoms with Crippen molar-refractivity contribution in [1.29, 1.82) is 0 Å². The molecule has 18 heavy (non-hydrogen) atoms. The third-order valence-corrected chi connectivity index (χ3v) is 4.47. The van der Waals surface area contributed by atoms with Gasteiger partial charge >= 0.3 is 0 Å². The predicted octanol–water partition coefficient (Wildman–Crippen LogP) is 2.37. The molecular formula is C15H25N3. The number of aromatic nitrogens is 1. The zero-order valence-electron chi connectivity index (χ0n) is 11.8. The molecule has 3 nitrogen and oxygen atoms in total. The molecule has 0 radical (unpaired) electrons. The molecule has 1 saturated heterocycles. The summed E-state index contributed by atoms with van der Waals surface area (Å²) in [5.41, 5.74) is 8.61. The molecule has 1 aliphatic rings. The van der Waals surface area contributed by atoms with Crippen LogP contribution in [0.5, 0.6) is 0 Å². The minimum atomic E-state index is 0.327. The molecule has 100 valence electrons. The Balaban J connectivity index is 2.17. The van der Waals surface area contributed by atoms with E-state index in [1.54, 1.807) is 0 Å². The van der Waals surface area contributed by atoms with E-state index in [2.05, 4.69) is 36.7 Å². The maximum Gasteiger partial charge on any atom is 0.0488 e. The highest BCUT2D eigenvalue weighted by molar-refractivity contribution is 5.25. The van der Waals surface area contributed by atoms with Crippen molar-refractivity contribution >= 4 is 0 Å². The SMILES string of the molecule is Cc1ccncc1C(CN)N1CCC(C)C(C)C1. The van der Waals surface area contributed by atoms with E-state index in [0.717, 1.165) is 24.9 Å². The average Bonchev–Trinajstić information content (AvgIpc) is 2.37. The van der Waals surface area contributed by atoms with Gasteiger partial charge in [-0.1, -0.05) is 13.8 Å². The summed E-state index contributed by atoms with van der Waals surface area (Å²) in [5, 5.41) is 0. The topological polar surface area (TPSA) is 42.1 Å². The molecule has 1 fully saturated rings. The standard InChI is InChI=1S/C15H25N3/c1-11-5-7-18(10-13(11)3)15(8-16)14-9-17-6-4-12(14)2/h4,6,9,11,13,15H,5,7-8,10,16H2,1-3H3. The van der Waals surface area contributed by atoms with Crippen LogP contribution in [0, 0.1) is 18.8 Å². The normalized spacial score (nSPS) is 27.1. The van der Waals surface area contributed by atoms with Crippen LogP contribution < -0.4 is 5.73 Å². The van der Waals surface area contributed by atoms with E-state index in [1.807, 2.05) is 12.4 Å². The zero-order valence-corrected chi connectivity index (χ0v) is 11.8. The summed E-state index contributed by atoms with van der Waals surface area (Å²) in [6, 6.07) is 2.40. The lowest BCUT2D eigenvalue weighted by atomic mass is 9.87. The number of piperidine rings is 1. The third-order valence-electron chi connectivity index (χ3n) is 4.47. The van der Waals surface area contributed by atoms with Crippen LogP contribution in [0.1, 0.15) is 37.4 Å². The summed E-state index contributed by atoms with van der Waals surface area (Å²) in [5.74, 6) is 1.58. The summed E-state index contributed by atoms with van der Waals surface area (Å²) in [4.78, 5) is 6.80. The van der Waals surface area contributed by atoms with Crippen LogP contribution in [0.25, 0.3) is 0 Å². The third kappa shape index (κ3) is 2.73. The number of nitrogens with zero attached hydrogens (tertiary/aromatic N) is 2. The van der Waals surface area contributed by atoms with E-state index in [9.17, 15) is 0 Å². The Hall–Kier alpha value is -0.930. The first-order chi connectivity index (χ1) is 8.63. The van der Waals surface area contributed by atoms with Crippen molar-refractivity contribution in [2.24, 2.45) is 17.6 Å². The van der Waals surface area contributed by atoms with Crippen LogP contribution >= 0.6 is 0 Å². The van der Waals surface area contributed by atoms with Crippen molar-refractivity contribution in [2.75, 3.05) is 19.6 Å². The second-order valence-electron chi connectivity index (χ2n) is 5.72. The van der Waals surface area contributed by atoms with Gasteiger partial charge in [0, 0.05) is 31.5 Å². The largest absolute Gasteiger partial charge is 0.329 e. The van der Waals surface area contributed by atoms with Gasteiger partial charge in [-0.05, 0) is 48.9 Å². The molecule has 0 bridgehead atoms. The van der Waals surface area contributed by atoms with Crippen LogP contribution in [-0.4, -0.2) is 29.5 Å². The Labute approximate surface area is 110 Å². The van der Waals surface area contributed by atoms with Gasteiger partial charge in [0.2, 0.25) is 0 Å². The Morgan fingerprint density at radius 3 is 2.83 bits per heavy atom. The van der Waals surface area contributed by atoms with Crippen molar-refractivity contribution in [3.05, 3.63) is 29.6 Å². The summed E-state index contributed by atoms with van der Waals surface area (Å²) in [6.45, 7) is 9.83. The van der Waals surface area contributed by atoms with Crippen molar-refractivity contribution in [2.45, 2.75) is 33.2 Å². The van der Waals surface area contributed by atoms with Crippen molar-refractivity contribution in [3.63, 3.8) is 0 Å². The molecule has 2 heterocycles. The quantitative estimate of drug-likeness (QED) is 0.891. The number of aryl methyl sites for hydroxylation is 1. The molecular weight excluding hydrogens is 222 g/mol. The minimum absolute atomic E-state index is 0.327. The van der Waals surface area contributed by atoms with Crippen LogP contribution in [0.2, 0.25) is 0 Å². The number of likely N-dealkylation sites (tertiary alicyclic amines) is 1. The van der Waals surface area contributed by atoms with Crippen molar-refractivity contribution in [3.8, 4) is 0 Å². The Bertz CT molecular complexity index is 391. The Kier molecular flexibility index (Phi) is 4.36. The summed E-state index contributed by atoms with van der Waals surface area (Å²) < 4.78 is 0. The van der Waals surface area contributed by atoms with Crippen LogP contribution in [0.15, 0.2) is 18.5 Å². The van der Waals surface area contributed by atoms with Gasteiger partial charge in [0.15, 0.2) is 0 Å². The van der Waals surface area contributed by atoms with E-state index < -0.39 is 0 Å². The summed E-state index contributed by atoms with van der Waals surface area (Å²) >= 11 is 0. The van der Waals surface area contributed by atoms with Crippen LogP contribution in [-0.2, 0) is 0 Å². The minimum Gasteiger partial charge on any atom is -0.329 e. The van der Waals surface area contributed by atoms with E-state index >= 15 is 0 Å². The van der Waals surface area contributed by atoms with Gasteiger partial charge in [0.05, 0.1) is 0 Å². The summed E-state index contributed by atoms with van der Waals surface area (Å²) in [7, 11) is 0.